The standard InChI is InChI=1S/C26H24N2O6/c1-5-12-33-19-9-6-17(7-10-19)23-22(24(29)18-8-11-20(32-4)15(2)13-18)25(30)26(31)28(23)21-14-16(3)34-27-21/h5-11,13-14,23,29H,1,12H2,2-4H3/t23-/m1/s1. The lowest BCUT2D eigenvalue weighted by molar-refractivity contribution is -0.132. The molecule has 8 heteroatoms. The number of ketones is 1. The molecule has 4 rings (SSSR count). The molecule has 1 aliphatic rings. The number of anilines is 1. The van der Waals surface area contributed by atoms with Crippen molar-refractivity contribution >= 4 is 23.3 Å². The minimum atomic E-state index is -0.916. The zero-order valence-electron chi connectivity index (χ0n) is 19.1. The third-order valence-corrected chi connectivity index (χ3v) is 5.54. The molecule has 0 saturated carbocycles. The van der Waals surface area contributed by atoms with E-state index in [1.54, 1.807) is 68.6 Å². The summed E-state index contributed by atoms with van der Waals surface area (Å²) in [5, 5.41) is 15.2. The van der Waals surface area contributed by atoms with Gasteiger partial charge in [-0.25, -0.2) is 0 Å². The number of benzene rings is 2. The number of ether oxygens (including phenoxy) is 2. The van der Waals surface area contributed by atoms with Gasteiger partial charge in [-0.2, -0.15) is 0 Å². The fourth-order valence-electron chi connectivity index (χ4n) is 3.93. The highest BCUT2D eigenvalue weighted by Crippen LogP contribution is 2.42. The average molecular weight is 460 g/mol. The molecule has 3 aromatic rings. The van der Waals surface area contributed by atoms with Gasteiger partial charge in [-0.1, -0.05) is 29.9 Å². The van der Waals surface area contributed by atoms with Gasteiger partial charge in [-0.05, 0) is 55.3 Å². The second kappa shape index (κ2) is 9.27. The highest BCUT2D eigenvalue weighted by molar-refractivity contribution is 6.51. The molecule has 1 saturated heterocycles. The van der Waals surface area contributed by atoms with Crippen molar-refractivity contribution in [3.63, 3.8) is 0 Å². The zero-order chi connectivity index (χ0) is 24.4. The minimum Gasteiger partial charge on any atom is -0.507 e. The van der Waals surface area contributed by atoms with E-state index >= 15 is 0 Å². The summed E-state index contributed by atoms with van der Waals surface area (Å²) in [5.41, 5.74) is 1.71. The number of carbonyl (C=O) groups is 2. The summed E-state index contributed by atoms with van der Waals surface area (Å²) >= 11 is 0. The van der Waals surface area contributed by atoms with E-state index in [4.69, 9.17) is 14.0 Å². The monoisotopic (exact) mass is 460 g/mol. The van der Waals surface area contributed by atoms with Crippen LogP contribution in [0.2, 0.25) is 0 Å². The molecule has 1 fully saturated rings. The predicted octanol–water partition coefficient (Wildman–Crippen LogP) is 4.49. The summed E-state index contributed by atoms with van der Waals surface area (Å²) in [7, 11) is 1.55. The molecule has 34 heavy (non-hydrogen) atoms. The van der Waals surface area contributed by atoms with E-state index in [1.807, 2.05) is 6.92 Å². The van der Waals surface area contributed by atoms with Gasteiger partial charge < -0.3 is 19.1 Å². The molecule has 0 radical (unpaired) electrons. The largest absolute Gasteiger partial charge is 0.507 e. The fraction of sp³-hybridized carbons (Fsp3) is 0.192. The van der Waals surface area contributed by atoms with Crippen molar-refractivity contribution in [3.8, 4) is 11.5 Å². The number of Topliss-reactive ketones (excluding diaryl/α,β-unsaturated/α-hetero) is 1. The first-order chi connectivity index (χ1) is 16.3. The van der Waals surface area contributed by atoms with Gasteiger partial charge in [0.1, 0.15) is 29.6 Å². The van der Waals surface area contributed by atoms with Gasteiger partial charge >= 0.3 is 5.91 Å². The number of methoxy groups -OCH3 is 1. The van der Waals surface area contributed by atoms with E-state index < -0.39 is 17.7 Å². The molecule has 2 aromatic carbocycles. The fourth-order valence-corrected chi connectivity index (χ4v) is 3.93. The highest BCUT2D eigenvalue weighted by atomic mass is 16.5. The van der Waals surface area contributed by atoms with Gasteiger partial charge in [0.2, 0.25) is 0 Å². The number of aromatic nitrogens is 1. The molecule has 0 bridgehead atoms. The van der Waals surface area contributed by atoms with E-state index in [2.05, 4.69) is 11.7 Å². The van der Waals surface area contributed by atoms with Crippen molar-refractivity contribution in [1.82, 2.24) is 5.16 Å². The molecule has 1 aliphatic heterocycles. The van der Waals surface area contributed by atoms with Crippen LogP contribution in [0.3, 0.4) is 0 Å². The quantitative estimate of drug-likeness (QED) is 0.240. The Hall–Kier alpha value is -4.33. The number of aliphatic hydroxyl groups excluding tert-OH is 1. The van der Waals surface area contributed by atoms with E-state index in [0.717, 1.165) is 5.56 Å². The molecule has 1 atom stereocenters. The summed E-state index contributed by atoms with van der Waals surface area (Å²) in [6.07, 6.45) is 1.63. The SMILES string of the molecule is C=CCOc1ccc([C@@H]2C(=C(O)c3ccc(OC)c(C)c3)C(=O)C(=O)N2c2cc(C)on2)cc1. The first-order valence-electron chi connectivity index (χ1n) is 10.6. The van der Waals surface area contributed by atoms with Crippen LogP contribution in [0.25, 0.3) is 5.76 Å². The first-order valence-corrected chi connectivity index (χ1v) is 10.6. The van der Waals surface area contributed by atoms with Gasteiger partial charge in [-0.15, -0.1) is 0 Å². The van der Waals surface area contributed by atoms with Crippen LogP contribution in [0.5, 0.6) is 11.5 Å². The number of nitrogens with zero attached hydrogens (tertiary/aromatic N) is 2. The number of aryl methyl sites for hydroxylation is 2. The summed E-state index contributed by atoms with van der Waals surface area (Å²) in [4.78, 5) is 27.5. The van der Waals surface area contributed by atoms with Crippen LogP contribution in [-0.4, -0.2) is 35.7 Å². The van der Waals surface area contributed by atoms with Crippen molar-refractivity contribution < 1.29 is 28.7 Å². The van der Waals surface area contributed by atoms with Crippen LogP contribution < -0.4 is 14.4 Å². The van der Waals surface area contributed by atoms with E-state index in [-0.39, 0.29) is 17.2 Å². The lowest BCUT2D eigenvalue weighted by Gasteiger charge is -2.23. The third-order valence-electron chi connectivity index (χ3n) is 5.54. The number of carbonyl (C=O) groups excluding carboxylic acids is 2. The molecular formula is C26H24N2O6. The summed E-state index contributed by atoms with van der Waals surface area (Å²) in [5.74, 6) is -0.00831. The minimum absolute atomic E-state index is 0.0463. The lowest BCUT2D eigenvalue weighted by Crippen LogP contribution is -2.29. The Kier molecular flexibility index (Phi) is 6.23. The lowest BCUT2D eigenvalue weighted by atomic mass is 9.94. The molecule has 0 spiro atoms. The second-order valence-electron chi connectivity index (χ2n) is 7.82. The van der Waals surface area contributed by atoms with Crippen LogP contribution in [-0.2, 0) is 9.59 Å². The molecule has 0 unspecified atom stereocenters. The van der Waals surface area contributed by atoms with E-state index in [0.29, 0.717) is 35.0 Å². The van der Waals surface area contributed by atoms with Crippen LogP contribution in [0.4, 0.5) is 5.82 Å². The van der Waals surface area contributed by atoms with E-state index in [9.17, 15) is 14.7 Å². The van der Waals surface area contributed by atoms with Gasteiger partial charge in [-0.3, -0.25) is 14.5 Å². The smallest absolute Gasteiger partial charge is 0.301 e. The molecule has 1 N–H and O–H groups in total. The highest BCUT2D eigenvalue weighted by Gasteiger charge is 2.48. The van der Waals surface area contributed by atoms with Gasteiger partial charge in [0, 0.05) is 11.6 Å². The number of amides is 1. The number of aliphatic hydroxyl groups is 1. The summed E-state index contributed by atoms with van der Waals surface area (Å²) in [6.45, 7) is 7.48. The maximum absolute atomic E-state index is 13.2. The summed E-state index contributed by atoms with van der Waals surface area (Å²) in [6, 6.07) is 12.6. The van der Waals surface area contributed by atoms with Crippen LogP contribution in [0.15, 0.2) is 71.3 Å². The average Bonchev–Trinajstić information content (AvgIpc) is 3.38. The van der Waals surface area contributed by atoms with Crippen LogP contribution >= 0.6 is 0 Å². The van der Waals surface area contributed by atoms with Crippen molar-refractivity contribution in [1.29, 1.82) is 0 Å². The Bertz CT molecular complexity index is 1290. The van der Waals surface area contributed by atoms with Crippen molar-refractivity contribution in [2.75, 3.05) is 18.6 Å². The van der Waals surface area contributed by atoms with Crippen molar-refractivity contribution in [2.45, 2.75) is 19.9 Å². The molecule has 8 nitrogen and oxygen atoms in total. The second-order valence-corrected chi connectivity index (χ2v) is 7.82. The first kappa shape index (κ1) is 22.8. The van der Waals surface area contributed by atoms with Crippen molar-refractivity contribution in [3.05, 3.63) is 89.2 Å². The Morgan fingerprint density at radius 1 is 1.18 bits per heavy atom. The number of hydrogen-bond donors (Lipinski definition) is 1. The molecule has 0 aliphatic carbocycles. The maximum atomic E-state index is 13.2. The number of rotatable bonds is 7. The van der Waals surface area contributed by atoms with Crippen LogP contribution in [0.1, 0.15) is 28.5 Å². The molecule has 2 heterocycles. The zero-order valence-corrected chi connectivity index (χ0v) is 19.1. The van der Waals surface area contributed by atoms with E-state index in [1.165, 1.54) is 4.90 Å². The normalized spacial score (nSPS) is 17.1. The molecule has 1 aromatic heterocycles. The molecular weight excluding hydrogens is 436 g/mol. The third kappa shape index (κ3) is 4.05. The Balaban J connectivity index is 1.87. The molecule has 174 valence electrons. The van der Waals surface area contributed by atoms with Crippen molar-refractivity contribution in [2.24, 2.45) is 0 Å². The van der Waals surface area contributed by atoms with Gasteiger partial charge in [0.15, 0.2) is 5.82 Å². The topological polar surface area (TPSA) is 102 Å². The molecule has 1 amide bonds. The summed E-state index contributed by atoms with van der Waals surface area (Å²) < 4.78 is 16.0. The maximum Gasteiger partial charge on any atom is 0.301 e. The Morgan fingerprint density at radius 2 is 1.91 bits per heavy atom. The van der Waals surface area contributed by atoms with Crippen LogP contribution in [0, 0.1) is 13.8 Å². The Morgan fingerprint density at radius 3 is 2.50 bits per heavy atom. The van der Waals surface area contributed by atoms with Gasteiger partial charge in [0.05, 0.1) is 18.7 Å². The number of hydrogen-bond acceptors (Lipinski definition) is 7. The van der Waals surface area contributed by atoms with Gasteiger partial charge in [0.25, 0.3) is 5.78 Å². The predicted molar refractivity (Wildman–Crippen MR) is 126 cm³/mol. The Labute approximate surface area is 196 Å².